The zero-order valence-electron chi connectivity index (χ0n) is 11.6. The second kappa shape index (κ2) is 4.80. The van der Waals surface area contributed by atoms with Crippen LogP contribution in [0.15, 0.2) is 18.5 Å². The summed E-state index contributed by atoms with van der Waals surface area (Å²) in [7, 11) is 0. The number of aryl methyl sites for hydroxylation is 3. The van der Waals surface area contributed by atoms with Gasteiger partial charge in [-0.05, 0) is 56.4 Å². The zero-order chi connectivity index (χ0) is 13.4. The standard InChI is InChI=1S/C16H20N2O/c1-11-8-14-15(9-12(11)2)18(10-17-14)7-6-13-4-3-5-16(13)19/h8-10,13H,3-7H2,1-2H3/t13-/m0/s1. The fourth-order valence-electron chi connectivity index (χ4n) is 2.98. The Morgan fingerprint density at radius 1 is 1.32 bits per heavy atom. The van der Waals surface area contributed by atoms with E-state index in [2.05, 4.69) is 35.5 Å². The van der Waals surface area contributed by atoms with Crippen LogP contribution in [0.25, 0.3) is 11.0 Å². The fraction of sp³-hybridized carbons (Fsp3) is 0.500. The molecule has 1 aromatic carbocycles. The van der Waals surface area contributed by atoms with Crippen LogP contribution < -0.4 is 0 Å². The number of hydrogen-bond donors (Lipinski definition) is 0. The molecule has 1 aromatic heterocycles. The van der Waals surface area contributed by atoms with E-state index >= 15 is 0 Å². The Kier molecular flexibility index (Phi) is 3.13. The van der Waals surface area contributed by atoms with E-state index in [1.807, 2.05) is 6.33 Å². The maximum absolute atomic E-state index is 11.7. The van der Waals surface area contributed by atoms with E-state index in [0.717, 1.165) is 37.7 Å². The molecule has 1 saturated carbocycles. The first kappa shape index (κ1) is 12.4. The van der Waals surface area contributed by atoms with Crippen molar-refractivity contribution < 1.29 is 4.79 Å². The van der Waals surface area contributed by atoms with Gasteiger partial charge in [-0.25, -0.2) is 4.98 Å². The van der Waals surface area contributed by atoms with Crippen molar-refractivity contribution >= 4 is 16.8 Å². The third kappa shape index (κ3) is 2.29. The molecule has 0 N–H and O–H groups in total. The summed E-state index contributed by atoms with van der Waals surface area (Å²) in [5, 5.41) is 0. The van der Waals surface area contributed by atoms with Gasteiger partial charge in [0, 0.05) is 18.9 Å². The van der Waals surface area contributed by atoms with Crippen LogP contribution >= 0.6 is 0 Å². The van der Waals surface area contributed by atoms with Crippen molar-refractivity contribution in [3.63, 3.8) is 0 Å². The molecule has 1 aliphatic rings. The number of fused-ring (bicyclic) bond motifs is 1. The first-order chi connectivity index (χ1) is 9.15. The minimum atomic E-state index is 0.281. The molecular weight excluding hydrogens is 236 g/mol. The molecule has 0 bridgehead atoms. The average Bonchev–Trinajstić information content (AvgIpc) is 2.95. The fourth-order valence-corrected chi connectivity index (χ4v) is 2.98. The quantitative estimate of drug-likeness (QED) is 0.843. The minimum absolute atomic E-state index is 0.281. The molecular formula is C16H20N2O. The number of imidazole rings is 1. The number of carbonyl (C=O) groups excluding carboxylic acids is 1. The van der Waals surface area contributed by atoms with E-state index in [9.17, 15) is 4.79 Å². The van der Waals surface area contributed by atoms with E-state index in [1.54, 1.807) is 0 Å². The van der Waals surface area contributed by atoms with E-state index in [0.29, 0.717) is 5.78 Å². The molecule has 100 valence electrons. The van der Waals surface area contributed by atoms with Crippen LogP contribution in [0.5, 0.6) is 0 Å². The lowest BCUT2D eigenvalue weighted by molar-refractivity contribution is -0.120. The lowest BCUT2D eigenvalue weighted by Crippen LogP contribution is -2.10. The second-order valence-corrected chi connectivity index (χ2v) is 5.71. The second-order valence-electron chi connectivity index (χ2n) is 5.71. The molecule has 3 heteroatoms. The predicted octanol–water partition coefficient (Wildman–Crippen LogP) is 3.41. The highest BCUT2D eigenvalue weighted by Gasteiger charge is 2.23. The third-order valence-corrected chi connectivity index (χ3v) is 4.39. The van der Waals surface area contributed by atoms with Gasteiger partial charge in [-0.2, -0.15) is 0 Å². The summed E-state index contributed by atoms with van der Waals surface area (Å²) in [6.45, 7) is 5.15. The van der Waals surface area contributed by atoms with E-state index in [-0.39, 0.29) is 5.92 Å². The Morgan fingerprint density at radius 3 is 2.84 bits per heavy atom. The van der Waals surface area contributed by atoms with Crippen LogP contribution in [0.4, 0.5) is 0 Å². The molecule has 0 saturated heterocycles. The predicted molar refractivity (Wildman–Crippen MR) is 76.2 cm³/mol. The molecule has 0 unspecified atom stereocenters. The molecule has 0 amide bonds. The molecule has 0 aliphatic heterocycles. The van der Waals surface area contributed by atoms with Crippen molar-refractivity contribution in [2.45, 2.75) is 46.1 Å². The van der Waals surface area contributed by atoms with Crippen LogP contribution in [0.3, 0.4) is 0 Å². The van der Waals surface area contributed by atoms with Crippen molar-refractivity contribution in [1.29, 1.82) is 0 Å². The highest BCUT2D eigenvalue weighted by Crippen LogP contribution is 2.26. The normalized spacial score (nSPS) is 19.5. The summed E-state index contributed by atoms with van der Waals surface area (Å²) in [6.07, 6.45) is 5.80. The molecule has 3 nitrogen and oxygen atoms in total. The van der Waals surface area contributed by atoms with Gasteiger partial charge in [-0.3, -0.25) is 4.79 Å². The maximum atomic E-state index is 11.7. The van der Waals surface area contributed by atoms with E-state index in [1.165, 1.54) is 16.6 Å². The van der Waals surface area contributed by atoms with Crippen molar-refractivity contribution in [2.75, 3.05) is 0 Å². The van der Waals surface area contributed by atoms with Crippen LogP contribution in [0.1, 0.15) is 36.8 Å². The van der Waals surface area contributed by atoms with Gasteiger partial charge < -0.3 is 4.57 Å². The molecule has 3 rings (SSSR count). The number of ketones is 1. The summed E-state index contributed by atoms with van der Waals surface area (Å²) in [4.78, 5) is 16.1. The monoisotopic (exact) mass is 256 g/mol. The lowest BCUT2D eigenvalue weighted by atomic mass is 10.0. The highest BCUT2D eigenvalue weighted by atomic mass is 16.1. The third-order valence-electron chi connectivity index (χ3n) is 4.39. The summed E-state index contributed by atoms with van der Waals surface area (Å²) >= 11 is 0. The van der Waals surface area contributed by atoms with Crippen molar-refractivity contribution in [3.05, 3.63) is 29.6 Å². The molecule has 1 heterocycles. The van der Waals surface area contributed by atoms with Crippen molar-refractivity contribution in [2.24, 2.45) is 5.92 Å². The highest BCUT2D eigenvalue weighted by molar-refractivity contribution is 5.82. The van der Waals surface area contributed by atoms with Crippen LogP contribution in [0, 0.1) is 19.8 Å². The van der Waals surface area contributed by atoms with Gasteiger partial charge in [0.15, 0.2) is 0 Å². The van der Waals surface area contributed by atoms with Crippen LogP contribution in [0.2, 0.25) is 0 Å². The average molecular weight is 256 g/mol. The van der Waals surface area contributed by atoms with Crippen LogP contribution in [-0.4, -0.2) is 15.3 Å². The zero-order valence-corrected chi connectivity index (χ0v) is 11.6. The largest absolute Gasteiger partial charge is 0.331 e. The minimum Gasteiger partial charge on any atom is -0.331 e. The number of Topliss-reactive ketones (excluding diaryl/α,β-unsaturated/α-hetero) is 1. The molecule has 0 radical (unpaired) electrons. The SMILES string of the molecule is Cc1cc2ncn(CC[C@@H]3CCCC3=O)c2cc1C. The topological polar surface area (TPSA) is 34.9 Å². The van der Waals surface area contributed by atoms with Gasteiger partial charge in [0.2, 0.25) is 0 Å². The molecule has 0 spiro atoms. The van der Waals surface area contributed by atoms with Gasteiger partial charge in [-0.1, -0.05) is 0 Å². The number of rotatable bonds is 3. The van der Waals surface area contributed by atoms with Crippen molar-refractivity contribution in [1.82, 2.24) is 9.55 Å². The Morgan fingerprint density at radius 2 is 2.11 bits per heavy atom. The molecule has 1 atom stereocenters. The Hall–Kier alpha value is -1.64. The number of nitrogens with zero attached hydrogens (tertiary/aromatic N) is 2. The van der Waals surface area contributed by atoms with Crippen LogP contribution in [-0.2, 0) is 11.3 Å². The Balaban J connectivity index is 1.81. The summed E-state index contributed by atoms with van der Waals surface area (Å²) < 4.78 is 2.19. The van der Waals surface area contributed by atoms with E-state index < -0.39 is 0 Å². The summed E-state index contributed by atoms with van der Waals surface area (Å²) in [5.41, 5.74) is 4.82. The van der Waals surface area contributed by atoms with Gasteiger partial charge >= 0.3 is 0 Å². The first-order valence-electron chi connectivity index (χ1n) is 7.10. The maximum Gasteiger partial charge on any atom is 0.136 e. The number of hydrogen-bond acceptors (Lipinski definition) is 2. The molecule has 2 aromatic rings. The smallest absolute Gasteiger partial charge is 0.136 e. The van der Waals surface area contributed by atoms with Crippen molar-refractivity contribution in [3.8, 4) is 0 Å². The van der Waals surface area contributed by atoms with Gasteiger partial charge in [-0.15, -0.1) is 0 Å². The number of aromatic nitrogens is 2. The summed E-state index contributed by atoms with van der Waals surface area (Å²) in [6, 6.07) is 4.34. The van der Waals surface area contributed by atoms with E-state index in [4.69, 9.17) is 0 Å². The summed E-state index contributed by atoms with van der Waals surface area (Å²) in [5.74, 6) is 0.737. The number of carbonyl (C=O) groups is 1. The molecule has 1 fully saturated rings. The number of benzene rings is 1. The lowest BCUT2D eigenvalue weighted by Gasteiger charge is -2.09. The molecule has 19 heavy (non-hydrogen) atoms. The Labute approximate surface area is 113 Å². The van der Waals surface area contributed by atoms with Gasteiger partial charge in [0.1, 0.15) is 5.78 Å². The first-order valence-corrected chi connectivity index (χ1v) is 7.10. The Bertz CT molecular complexity index is 627. The van der Waals surface area contributed by atoms with Gasteiger partial charge in [0.05, 0.1) is 17.4 Å². The van der Waals surface area contributed by atoms with Gasteiger partial charge in [0.25, 0.3) is 0 Å². The molecule has 1 aliphatic carbocycles.